The summed E-state index contributed by atoms with van der Waals surface area (Å²) < 4.78 is 1.14. The molecule has 1 aliphatic rings. The van der Waals surface area contributed by atoms with Crippen molar-refractivity contribution in [3.8, 4) is 0 Å². The number of anilines is 1. The van der Waals surface area contributed by atoms with Crippen molar-refractivity contribution >= 4 is 44.9 Å². The number of hydrogen-bond acceptors (Lipinski definition) is 2. The zero-order chi connectivity index (χ0) is 11.0. The molecular weight excluding hydrogens is 324 g/mol. The lowest BCUT2D eigenvalue weighted by Gasteiger charge is -2.32. The fourth-order valence-corrected chi connectivity index (χ4v) is 2.52. The van der Waals surface area contributed by atoms with Gasteiger partial charge in [-0.1, -0.05) is 11.6 Å². The molecule has 2 nitrogen and oxygen atoms in total. The summed E-state index contributed by atoms with van der Waals surface area (Å²) in [5.74, 6) is 0. The highest BCUT2D eigenvalue weighted by atomic mass is 127. The molecule has 15 heavy (non-hydrogen) atoms. The third-order valence-corrected chi connectivity index (χ3v) is 3.48. The van der Waals surface area contributed by atoms with Crippen LogP contribution in [-0.2, 0) is 0 Å². The van der Waals surface area contributed by atoms with Gasteiger partial charge < -0.3 is 10.0 Å². The normalized spacial score (nSPS) is 19.9. The lowest BCUT2D eigenvalue weighted by molar-refractivity contribution is 0.217. The van der Waals surface area contributed by atoms with E-state index in [1.54, 1.807) is 6.08 Å². The van der Waals surface area contributed by atoms with Gasteiger partial charge in [0.1, 0.15) is 6.23 Å². The molecule has 1 aromatic carbocycles. The van der Waals surface area contributed by atoms with Gasteiger partial charge in [-0.2, -0.15) is 0 Å². The zero-order valence-corrected chi connectivity index (χ0v) is 11.2. The summed E-state index contributed by atoms with van der Waals surface area (Å²) in [7, 11) is 0. The van der Waals surface area contributed by atoms with Crippen LogP contribution >= 0.6 is 34.2 Å². The molecule has 1 N–H and O–H groups in total. The van der Waals surface area contributed by atoms with Gasteiger partial charge in [0.25, 0.3) is 0 Å². The maximum atomic E-state index is 9.82. The molecule has 1 unspecified atom stereocenters. The van der Waals surface area contributed by atoms with Gasteiger partial charge in [0.15, 0.2) is 0 Å². The van der Waals surface area contributed by atoms with E-state index in [4.69, 9.17) is 11.6 Å². The summed E-state index contributed by atoms with van der Waals surface area (Å²) in [6, 6.07) is 6.05. The predicted octanol–water partition coefficient (Wildman–Crippen LogP) is 3.03. The monoisotopic (exact) mass is 335 g/mol. The van der Waals surface area contributed by atoms with Gasteiger partial charge in [-0.05, 0) is 53.8 Å². The number of likely N-dealkylation sites (N-methyl/N-ethyl adjacent to an activating group) is 1. The molecular formula is C11H11ClINO. The largest absolute Gasteiger partial charge is 0.370 e. The molecule has 0 aliphatic carbocycles. The Bertz CT molecular complexity index is 419. The van der Waals surface area contributed by atoms with Gasteiger partial charge in [0.2, 0.25) is 0 Å². The van der Waals surface area contributed by atoms with E-state index in [9.17, 15) is 5.11 Å². The highest BCUT2D eigenvalue weighted by Gasteiger charge is 2.22. The number of fused-ring (bicyclic) bond motifs is 1. The van der Waals surface area contributed by atoms with Gasteiger partial charge in [0, 0.05) is 21.4 Å². The van der Waals surface area contributed by atoms with Crippen LogP contribution in [0.3, 0.4) is 0 Å². The number of nitrogens with zero attached hydrogens (tertiary/aromatic N) is 1. The number of aliphatic hydroxyl groups excluding tert-OH is 1. The maximum absolute atomic E-state index is 9.82. The van der Waals surface area contributed by atoms with E-state index in [1.807, 2.05) is 30.0 Å². The van der Waals surface area contributed by atoms with E-state index in [2.05, 4.69) is 22.6 Å². The minimum atomic E-state index is -0.616. The van der Waals surface area contributed by atoms with Crippen molar-refractivity contribution in [2.75, 3.05) is 11.4 Å². The van der Waals surface area contributed by atoms with Crippen molar-refractivity contribution in [1.82, 2.24) is 0 Å². The molecule has 0 bridgehead atoms. The number of aliphatic hydroxyl groups is 1. The fourth-order valence-electron chi connectivity index (χ4n) is 1.76. The highest BCUT2D eigenvalue weighted by molar-refractivity contribution is 14.1. The van der Waals surface area contributed by atoms with Crippen molar-refractivity contribution < 1.29 is 5.11 Å². The van der Waals surface area contributed by atoms with E-state index in [0.717, 1.165) is 21.4 Å². The Morgan fingerprint density at radius 3 is 2.93 bits per heavy atom. The van der Waals surface area contributed by atoms with Crippen LogP contribution in [0.2, 0.25) is 0 Å². The third-order valence-electron chi connectivity index (χ3n) is 2.48. The molecule has 1 aliphatic heterocycles. The molecule has 0 saturated heterocycles. The molecule has 0 spiro atoms. The van der Waals surface area contributed by atoms with Crippen molar-refractivity contribution in [3.05, 3.63) is 33.4 Å². The summed E-state index contributed by atoms with van der Waals surface area (Å²) in [4.78, 5) is 1.91. The lowest BCUT2D eigenvalue weighted by atomic mass is 10.1. The minimum absolute atomic E-state index is 0.616. The first-order valence-corrected chi connectivity index (χ1v) is 6.21. The quantitative estimate of drug-likeness (QED) is 0.798. The second-order valence-electron chi connectivity index (χ2n) is 3.38. The highest BCUT2D eigenvalue weighted by Crippen LogP contribution is 2.36. The summed E-state index contributed by atoms with van der Waals surface area (Å²) in [6.07, 6.45) is 1.05. The molecule has 2 rings (SSSR count). The molecule has 4 heteroatoms. The minimum Gasteiger partial charge on any atom is -0.370 e. The number of hydrogen-bond donors (Lipinski definition) is 1. The van der Waals surface area contributed by atoms with Crippen molar-refractivity contribution in [1.29, 1.82) is 0 Å². The van der Waals surface area contributed by atoms with Crippen LogP contribution in [-0.4, -0.2) is 17.9 Å². The Morgan fingerprint density at radius 2 is 2.27 bits per heavy atom. The van der Waals surface area contributed by atoms with Crippen molar-refractivity contribution in [2.24, 2.45) is 0 Å². The Balaban J connectivity index is 2.57. The third kappa shape index (κ3) is 2.00. The average molecular weight is 336 g/mol. The van der Waals surface area contributed by atoms with Gasteiger partial charge >= 0.3 is 0 Å². The van der Waals surface area contributed by atoms with E-state index < -0.39 is 6.23 Å². The maximum Gasteiger partial charge on any atom is 0.148 e. The van der Waals surface area contributed by atoms with E-state index in [0.29, 0.717) is 5.03 Å². The second kappa shape index (κ2) is 4.31. The zero-order valence-electron chi connectivity index (χ0n) is 8.24. The lowest BCUT2D eigenvalue weighted by Crippen LogP contribution is -2.36. The van der Waals surface area contributed by atoms with Gasteiger partial charge in [-0.25, -0.2) is 0 Å². The van der Waals surface area contributed by atoms with Crippen LogP contribution in [0.15, 0.2) is 24.3 Å². The van der Waals surface area contributed by atoms with Crippen LogP contribution in [0.1, 0.15) is 12.5 Å². The first kappa shape index (κ1) is 11.2. The van der Waals surface area contributed by atoms with Crippen LogP contribution in [0.25, 0.3) is 5.03 Å². The number of halogens is 2. The van der Waals surface area contributed by atoms with Crippen LogP contribution in [0, 0.1) is 3.57 Å². The number of benzene rings is 1. The number of rotatable bonds is 1. The van der Waals surface area contributed by atoms with E-state index in [1.165, 1.54) is 0 Å². The van der Waals surface area contributed by atoms with Gasteiger partial charge in [0.05, 0.1) is 5.03 Å². The smallest absolute Gasteiger partial charge is 0.148 e. The second-order valence-corrected chi connectivity index (χ2v) is 5.03. The molecule has 80 valence electrons. The van der Waals surface area contributed by atoms with Gasteiger partial charge in [-0.15, -0.1) is 0 Å². The van der Waals surface area contributed by atoms with E-state index in [-0.39, 0.29) is 0 Å². The standard InChI is InChI=1S/C11H11ClINO/c1-2-14-10-4-3-7(13)5-8(10)9(12)6-11(14)15/h3-6,11,15H,2H2,1H3. The SMILES string of the molecule is CCN1c2ccc(I)cc2C(Cl)=CC1O. The topological polar surface area (TPSA) is 23.5 Å². The fraction of sp³-hybridized carbons (Fsp3) is 0.273. The molecule has 1 heterocycles. The van der Waals surface area contributed by atoms with E-state index >= 15 is 0 Å². The molecule has 0 fully saturated rings. The first-order valence-electron chi connectivity index (χ1n) is 4.75. The molecule has 1 atom stereocenters. The Morgan fingerprint density at radius 1 is 1.53 bits per heavy atom. The van der Waals surface area contributed by atoms with Crippen molar-refractivity contribution in [3.63, 3.8) is 0 Å². The Labute approximate surface area is 108 Å². The van der Waals surface area contributed by atoms with Crippen LogP contribution in [0.5, 0.6) is 0 Å². The van der Waals surface area contributed by atoms with Gasteiger partial charge in [-0.3, -0.25) is 0 Å². The molecule has 0 aromatic heterocycles. The summed E-state index contributed by atoms with van der Waals surface area (Å²) in [5, 5.41) is 10.4. The summed E-state index contributed by atoms with van der Waals surface area (Å²) in [5.41, 5.74) is 1.99. The summed E-state index contributed by atoms with van der Waals surface area (Å²) in [6.45, 7) is 2.77. The summed E-state index contributed by atoms with van der Waals surface area (Å²) >= 11 is 8.36. The molecule has 0 radical (unpaired) electrons. The molecule has 0 amide bonds. The Hall–Kier alpha value is -0.260. The predicted molar refractivity (Wildman–Crippen MR) is 72.0 cm³/mol. The first-order chi connectivity index (χ1) is 7.13. The van der Waals surface area contributed by atoms with Crippen LogP contribution < -0.4 is 4.90 Å². The van der Waals surface area contributed by atoms with Crippen molar-refractivity contribution in [2.45, 2.75) is 13.2 Å². The average Bonchev–Trinajstić information content (AvgIpc) is 2.19. The van der Waals surface area contributed by atoms with Crippen LogP contribution in [0.4, 0.5) is 5.69 Å². The Kier molecular flexibility index (Phi) is 3.23. The molecule has 1 aromatic rings. The molecule has 0 saturated carbocycles.